The lowest BCUT2D eigenvalue weighted by molar-refractivity contribution is -0.145. The lowest BCUT2D eigenvalue weighted by Gasteiger charge is -2.35. The van der Waals surface area contributed by atoms with Gasteiger partial charge >= 0.3 is 5.97 Å². The van der Waals surface area contributed by atoms with E-state index in [-0.39, 0.29) is 31.4 Å². The molecule has 340 valence electrons. The Hall–Kier alpha value is -5.20. The third kappa shape index (κ3) is 9.85. The molecule has 2 fully saturated rings. The molecule has 2 saturated heterocycles. The zero-order chi connectivity index (χ0) is 45.2. The average Bonchev–Trinajstić information content (AvgIpc) is 3.47. The molecular formula is C47H47Cl2FN6O8S. The Labute approximate surface area is 389 Å². The monoisotopic (exact) mass is 944 g/mol. The van der Waals surface area contributed by atoms with Crippen molar-refractivity contribution in [1.29, 1.82) is 0 Å². The van der Waals surface area contributed by atoms with Gasteiger partial charge in [0.25, 0.3) is 0 Å². The summed E-state index contributed by atoms with van der Waals surface area (Å²) >= 11 is 16.0. The number of aromatic nitrogens is 4. The molecule has 6 aromatic rings. The number of piperazine rings is 1. The van der Waals surface area contributed by atoms with Crippen LogP contribution in [-0.2, 0) is 27.3 Å². The van der Waals surface area contributed by atoms with E-state index in [4.69, 9.17) is 56.6 Å². The van der Waals surface area contributed by atoms with Gasteiger partial charge in [-0.05, 0) is 79.5 Å². The molecule has 14 nitrogen and oxygen atoms in total. The van der Waals surface area contributed by atoms with Gasteiger partial charge in [0.2, 0.25) is 12.0 Å². The minimum absolute atomic E-state index is 0.0276. The van der Waals surface area contributed by atoms with E-state index in [1.807, 2.05) is 13.8 Å². The standard InChI is InChI=1S/C47H47Cl2FN6O8S/c1-26-37-27(2)41(49)42(40(26)48)63-34(20-56-14-12-55(3)13-15-56)24-61-33-8-9-35(62-23-32-10-11-51-44(54-32)30-21-59-16-17-60-22-30)29(18-33)19-36(47(57)58)64-45-39-38(37)43(65-46(39)53-25-52-45)28-4-6-31(50)7-5-28/h4-11,18,25,30,34,36H,12-17,19-24H2,1-3H3,(H,57,58)/t34-,36-/m1/s1. The highest BCUT2D eigenvalue weighted by Gasteiger charge is 2.32. The molecule has 1 N–H and O–H groups in total. The van der Waals surface area contributed by atoms with Crippen molar-refractivity contribution in [2.24, 2.45) is 0 Å². The molecule has 0 unspecified atom stereocenters. The first kappa shape index (κ1) is 45.0. The lowest BCUT2D eigenvalue weighted by atomic mass is 9.92. The number of carboxylic acids is 1. The second kappa shape index (κ2) is 19.7. The number of benzene rings is 3. The number of nitrogens with zero attached hydrogens (tertiary/aromatic N) is 6. The van der Waals surface area contributed by atoms with Crippen LogP contribution < -0.4 is 18.9 Å². The smallest absolute Gasteiger partial charge is 0.345 e. The molecule has 3 aromatic carbocycles. The fraction of sp³-hybridized carbons (Fsp3) is 0.383. The maximum atomic E-state index is 14.4. The molecule has 18 heteroatoms. The van der Waals surface area contributed by atoms with E-state index in [1.165, 1.54) is 29.8 Å². The van der Waals surface area contributed by atoms with E-state index in [1.54, 1.807) is 42.6 Å². The van der Waals surface area contributed by atoms with Gasteiger partial charge in [-0.2, -0.15) is 0 Å². The minimum atomic E-state index is -1.46. The van der Waals surface area contributed by atoms with E-state index in [9.17, 15) is 14.3 Å². The van der Waals surface area contributed by atoms with Crippen molar-refractivity contribution in [3.63, 3.8) is 0 Å². The Morgan fingerprint density at radius 2 is 1.66 bits per heavy atom. The number of ether oxygens (including phenoxy) is 6. The molecule has 0 aliphatic carbocycles. The molecular weight excluding hydrogens is 899 g/mol. The fourth-order valence-corrected chi connectivity index (χ4v) is 9.98. The normalized spacial score (nSPS) is 18.9. The third-order valence-corrected chi connectivity index (χ3v) is 13.9. The Morgan fingerprint density at radius 3 is 2.38 bits per heavy atom. The quantitative estimate of drug-likeness (QED) is 0.157. The van der Waals surface area contributed by atoms with Gasteiger partial charge in [0.15, 0.2) is 5.75 Å². The summed E-state index contributed by atoms with van der Waals surface area (Å²) in [6, 6.07) is 13.2. The maximum absolute atomic E-state index is 14.4. The molecule has 0 spiro atoms. The Morgan fingerprint density at radius 1 is 0.923 bits per heavy atom. The number of thiophene rings is 1. The molecule has 65 heavy (non-hydrogen) atoms. The summed E-state index contributed by atoms with van der Waals surface area (Å²) in [6.07, 6.45) is 0.868. The van der Waals surface area contributed by atoms with Gasteiger partial charge < -0.3 is 38.4 Å². The summed E-state index contributed by atoms with van der Waals surface area (Å²) in [5, 5.41) is 11.9. The number of aliphatic carboxylic acids is 1. The number of hydrogen-bond acceptors (Lipinski definition) is 14. The number of hydrogen-bond donors (Lipinski definition) is 1. The molecule has 4 bridgehead atoms. The van der Waals surface area contributed by atoms with Gasteiger partial charge in [-0.3, -0.25) is 4.90 Å². The Bertz CT molecular complexity index is 2670. The highest BCUT2D eigenvalue weighted by molar-refractivity contribution is 7.22. The summed E-state index contributed by atoms with van der Waals surface area (Å²) in [4.78, 5) is 37.5. The van der Waals surface area contributed by atoms with Crippen molar-refractivity contribution in [3.05, 3.63) is 105 Å². The molecule has 7 heterocycles. The molecule has 3 aromatic heterocycles. The van der Waals surface area contributed by atoms with Crippen LogP contribution in [0.1, 0.15) is 34.1 Å². The van der Waals surface area contributed by atoms with Crippen molar-refractivity contribution in [3.8, 4) is 44.7 Å². The summed E-state index contributed by atoms with van der Waals surface area (Å²) in [7, 11) is 2.10. The highest BCUT2D eigenvalue weighted by Crippen LogP contribution is 2.53. The van der Waals surface area contributed by atoms with Crippen LogP contribution in [0, 0.1) is 19.7 Å². The van der Waals surface area contributed by atoms with E-state index < -0.39 is 24.0 Å². The first-order valence-corrected chi connectivity index (χ1v) is 22.9. The van der Waals surface area contributed by atoms with Crippen LogP contribution >= 0.6 is 34.5 Å². The van der Waals surface area contributed by atoms with E-state index >= 15 is 0 Å². The number of likely N-dealkylation sites (N-methyl/N-ethyl adjacent to an activating group) is 1. The predicted molar refractivity (Wildman–Crippen MR) is 245 cm³/mol. The van der Waals surface area contributed by atoms with Crippen LogP contribution in [0.25, 0.3) is 31.8 Å². The summed E-state index contributed by atoms with van der Waals surface area (Å²) in [5.41, 5.74) is 4.39. The van der Waals surface area contributed by atoms with Crippen molar-refractivity contribution < 1.29 is 42.7 Å². The van der Waals surface area contributed by atoms with E-state index in [0.717, 1.165) is 26.2 Å². The minimum Gasteiger partial charge on any atom is -0.490 e. The van der Waals surface area contributed by atoms with Crippen LogP contribution in [0.5, 0.6) is 23.1 Å². The molecule has 4 aliphatic heterocycles. The number of rotatable bonds is 8. The predicted octanol–water partition coefficient (Wildman–Crippen LogP) is 8.05. The number of carboxylic acid groups (broad SMARTS) is 1. The van der Waals surface area contributed by atoms with Crippen LogP contribution in [0.4, 0.5) is 4.39 Å². The summed E-state index contributed by atoms with van der Waals surface area (Å²) in [6.45, 7) is 9.82. The fourth-order valence-electron chi connectivity index (χ4n) is 8.32. The SMILES string of the molecule is Cc1c(Cl)c2c(Cl)c(C)c1-c1c(-c3ccc(F)cc3)sc3ncnc(c13)O[C@@H](C(=O)O)Cc1cc(ccc1OCc1ccnc(C3COCCOC3)n1)OC[C@@H](CN1CCN(C)CC1)O2. The van der Waals surface area contributed by atoms with Gasteiger partial charge in [-0.15, -0.1) is 11.3 Å². The second-order valence-electron chi connectivity index (χ2n) is 16.4. The van der Waals surface area contributed by atoms with Crippen molar-refractivity contribution >= 4 is 50.7 Å². The van der Waals surface area contributed by atoms with E-state index in [2.05, 4.69) is 31.8 Å². The van der Waals surface area contributed by atoms with Crippen molar-refractivity contribution in [2.45, 2.75) is 45.0 Å². The lowest BCUT2D eigenvalue weighted by Crippen LogP contribution is -2.49. The first-order valence-electron chi connectivity index (χ1n) is 21.4. The molecule has 0 saturated carbocycles. The molecule has 4 aliphatic rings. The molecule has 0 amide bonds. The Balaban J connectivity index is 1.16. The molecule has 2 atom stereocenters. The third-order valence-electron chi connectivity index (χ3n) is 11.8. The van der Waals surface area contributed by atoms with Gasteiger partial charge in [-0.1, -0.05) is 35.3 Å². The summed E-state index contributed by atoms with van der Waals surface area (Å²) in [5.74, 6) is 0.0277. The van der Waals surface area contributed by atoms with Gasteiger partial charge in [0.1, 0.15) is 53.6 Å². The highest BCUT2D eigenvalue weighted by atomic mass is 35.5. The van der Waals surface area contributed by atoms with Gasteiger partial charge in [0.05, 0.1) is 53.5 Å². The first-order chi connectivity index (χ1) is 31.5. The molecule has 0 radical (unpaired) electrons. The summed E-state index contributed by atoms with van der Waals surface area (Å²) < 4.78 is 52.0. The largest absolute Gasteiger partial charge is 0.490 e. The van der Waals surface area contributed by atoms with Gasteiger partial charge in [0, 0.05) is 61.3 Å². The number of halogens is 3. The van der Waals surface area contributed by atoms with Crippen molar-refractivity contribution in [1.82, 2.24) is 29.7 Å². The average molecular weight is 946 g/mol. The van der Waals surface area contributed by atoms with Crippen molar-refractivity contribution in [2.75, 3.05) is 72.8 Å². The van der Waals surface area contributed by atoms with Crippen LogP contribution in [0.15, 0.2) is 61.1 Å². The second-order valence-corrected chi connectivity index (χ2v) is 18.1. The van der Waals surface area contributed by atoms with Gasteiger partial charge in [-0.25, -0.2) is 29.1 Å². The topological polar surface area (TPSA) is 151 Å². The van der Waals surface area contributed by atoms with E-state index in [0.29, 0.717) is 120 Å². The maximum Gasteiger partial charge on any atom is 0.345 e. The zero-order valence-electron chi connectivity index (χ0n) is 36.0. The molecule has 10 rings (SSSR count). The Kier molecular flexibility index (Phi) is 13.6. The number of carbonyl (C=O) groups is 1. The van der Waals surface area contributed by atoms with Crippen LogP contribution in [0.3, 0.4) is 0 Å². The zero-order valence-corrected chi connectivity index (χ0v) is 38.3. The van der Waals surface area contributed by atoms with Crippen LogP contribution in [0.2, 0.25) is 10.0 Å². The number of fused-ring (bicyclic) bond motifs is 7. The van der Waals surface area contributed by atoms with Crippen LogP contribution in [-0.4, -0.2) is 126 Å².